The molecule has 128 valence electrons. The molecule has 0 aromatic carbocycles. The summed E-state index contributed by atoms with van der Waals surface area (Å²) in [4.78, 5) is 18.5. The standard InChI is InChI=1S/C16H25N3O3S/c1-12-6-8-19(11-13(2)9-12)16(20)18-10-14-15(23(3,21)22)5-4-7-17-14/h4-5,7,12-13H,6,8-11H2,1-3H3,(H,18,20). The maximum absolute atomic E-state index is 12.4. The van der Waals surface area contributed by atoms with Gasteiger partial charge in [-0.15, -0.1) is 0 Å². The second-order valence-corrected chi connectivity index (χ2v) is 8.54. The van der Waals surface area contributed by atoms with Gasteiger partial charge >= 0.3 is 6.03 Å². The van der Waals surface area contributed by atoms with Gasteiger partial charge in [-0.3, -0.25) is 4.98 Å². The number of nitrogens with one attached hydrogen (secondary N) is 1. The number of nitrogens with zero attached hydrogens (tertiary/aromatic N) is 2. The zero-order valence-electron chi connectivity index (χ0n) is 13.9. The van der Waals surface area contributed by atoms with Gasteiger partial charge in [0.05, 0.1) is 17.1 Å². The minimum absolute atomic E-state index is 0.114. The molecule has 1 aliphatic rings. The van der Waals surface area contributed by atoms with Crippen molar-refractivity contribution in [3.63, 3.8) is 0 Å². The Balaban J connectivity index is 2.02. The van der Waals surface area contributed by atoms with E-state index in [4.69, 9.17) is 0 Å². The van der Waals surface area contributed by atoms with Crippen molar-refractivity contribution in [2.45, 2.75) is 38.1 Å². The summed E-state index contributed by atoms with van der Waals surface area (Å²) in [5.41, 5.74) is 0.375. The largest absolute Gasteiger partial charge is 0.332 e. The zero-order valence-corrected chi connectivity index (χ0v) is 14.8. The van der Waals surface area contributed by atoms with Gasteiger partial charge in [0.1, 0.15) is 0 Å². The van der Waals surface area contributed by atoms with Crippen molar-refractivity contribution >= 4 is 15.9 Å². The molecule has 1 aromatic rings. The van der Waals surface area contributed by atoms with E-state index >= 15 is 0 Å². The van der Waals surface area contributed by atoms with E-state index in [1.807, 2.05) is 4.90 Å². The first-order chi connectivity index (χ1) is 10.8. The smallest absolute Gasteiger partial charge is 0.317 e. The monoisotopic (exact) mass is 339 g/mol. The van der Waals surface area contributed by atoms with Crippen LogP contribution in [0.5, 0.6) is 0 Å². The lowest BCUT2D eigenvalue weighted by atomic mass is 9.97. The van der Waals surface area contributed by atoms with Crippen molar-refractivity contribution in [2.24, 2.45) is 11.8 Å². The van der Waals surface area contributed by atoms with Crippen LogP contribution in [0.3, 0.4) is 0 Å². The molecule has 0 aliphatic carbocycles. The van der Waals surface area contributed by atoms with Crippen molar-refractivity contribution in [3.05, 3.63) is 24.0 Å². The number of hydrogen-bond donors (Lipinski definition) is 1. The van der Waals surface area contributed by atoms with E-state index in [9.17, 15) is 13.2 Å². The fraction of sp³-hybridized carbons (Fsp3) is 0.625. The van der Waals surface area contributed by atoms with Gasteiger partial charge < -0.3 is 10.2 Å². The Morgan fingerprint density at radius 2 is 2.13 bits per heavy atom. The molecular weight excluding hydrogens is 314 g/mol. The Hall–Kier alpha value is -1.63. The van der Waals surface area contributed by atoms with Crippen LogP contribution in [0.25, 0.3) is 0 Å². The van der Waals surface area contributed by atoms with Crippen LogP contribution in [-0.4, -0.2) is 43.7 Å². The Labute approximate surface area is 138 Å². The fourth-order valence-electron chi connectivity index (χ4n) is 3.07. The minimum atomic E-state index is -3.36. The number of urea groups is 1. The highest BCUT2D eigenvalue weighted by molar-refractivity contribution is 7.90. The molecule has 0 saturated carbocycles. The first kappa shape index (κ1) is 17.7. The summed E-state index contributed by atoms with van der Waals surface area (Å²) in [5, 5.41) is 2.80. The van der Waals surface area contributed by atoms with E-state index < -0.39 is 9.84 Å². The summed E-state index contributed by atoms with van der Waals surface area (Å²) in [6.45, 7) is 5.95. The van der Waals surface area contributed by atoms with Crippen LogP contribution in [0.4, 0.5) is 4.79 Å². The number of rotatable bonds is 3. The highest BCUT2D eigenvalue weighted by Crippen LogP contribution is 2.21. The van der Waals surface area contributed by atoms with Crippen LogP contribution in [0.15, 0.2) is 23.2 Å². The second-order valence-electron chi connectivity index (χ2n) is 6.56. The summed E-state index contributed by atoms with van der Waals surface area (Å²) in [7, 11) is -3.36. The van der Waals surface area contributed by atoms with Gasteiger partial charge in [0.15, 0.2) is 9.84 Å². The van der Waals surface area contributed by atoms with E-state index in [1.165, 1.54) is 12.3 Å². The topological polar surface area (TPSA) is 79.4 Å². The third kappa shape index (κ3) is 4.92. The molecule has 1 saturated heterocycles. The van der Waals surface area contributed by atoms with Crippen LogP contribution in [0, 0.1) is 11.8 Å². The van der Waals surface area contributed by atoms with Crippen LogP contribution >= 0.6 is 0 Å². The maximum Gasteiger partial charge on any atom is 0.317 e. The molecule has 1 fully saturated rings. The lowest BCUT2D eigenvalue weighted by molar-refractivity contribution is 0.193. The van der Waals surface area contributed by atoms with E-state index in [2.05, 4.69) is 24.1 Å². The molecule has 1 aliphatic heterocycles. The van der Waals surface area contributed by atoms with E-state index in [0.29, 0.717) is 17.5 Å². The Kier molecular flexibility index (Phi) is 5.62. The first-order valence-electron chi connectivity index (χ1n) is 7.94. The van der Waals surface area contributed by atoms with E-state index in [-0.39, 0.29) is 17.5 Å². The molecule has 2 rings (SSSR count). The van der Waals surface area contributed by atoms with Crippen LogP contribution in [0.2, 0.25) is 0 Å². The van der Waals surface area contributed by atoms with Gasteiger partial charge in [-0.1, -0.05) is 13.8 Å². The summed E-state index contributed by atoms with van der Waals surface area (Å²) in [5.74, 6) is 1.09. The third-order valence-corrected chi connectivity index (χ3v) is 5.34. The number of pyridine rings is 1. The molecule has 2 heterocycles. The first-order valence-corrected chi connectivity index (χ1v) is 9.83. The molecule has 2 unspecified atom stereocenters. The molecule has 0 radical (unpaired) electrons. The number of sulfone groups is 1. The number of hydrogen-bond acceptors (Lipinski definition) is 4. The maximum atomic E-state index is 12.4. The van der Waals surface area contributed by atoms with Gasteiger partial charge in [-0.05, 0) is 36.8 Å². The van der Waals surface area contributed by atoms with Gasteiger partial charge in [-0.25, -0.2) is 13.2 Å². The van der Waals surface area contributed by atoms with Crippen LogP contribution in [-0.2, 0) is 16.4 Å². The Morgan fingerprint density at radius 3 is 2.83 bits per heavy atom. The predicted molar refractivity (Wildman–Crippen MR) is 88.7 cm³/mol. The minimum Gasteiger partial charge on any atom is -0.332 e. The summed E-state index contributed by atoms with van der Waals surface area (Å²) < 4.78 is 23.5. The second kappa shape index (κ2) is 7.29. The molecule has 6 nitrogen and oxygen atoms in total. The number of carbonyl (C=O) groups excluding carboxylic acids is 1. The van der Waals surface area contributed by atoms with Crippen molar-refractivity contribution in [2.75, 3.05) is 19.3 Å². The highest BCUT2D eigenvalue weighted by atomic mass is 32.2. The number of aromatic nitrogens is 1. The molecule has 23 heavy (non-hydrogen) atoms. The van der Waals surface area contributed by atoms with E-state index in [1.54, 1.807) is 6.07 Å². The molecule has 1 N–H and O–H groups in total. The van der Waals surface area contributed by atoms with Gasteiger partial charge in [0.2, 0.25) is 0 Å². The van der Waals surface area contributed by atoms with Gasteiger partial charge in [0, 0.05) is 25.5 Å². The highest BCUT2D eigenvalue weighted by Gasteiger charge is 2.23. The number of likely N-dealkylation sites (tertiary alicyclic amines) is 1. The Morgan fingerprint density at radius 1 is 1.39 bits per heavy atom. The fourth-order valence-corrected chi connectivity index (χ4v) is 3.95. The molecule has 7 heteroatoms. The third-order valence-electron chi connectivity index (χ3n) is 4.17. The van der Waals surface area contributed by atoms with Crippen LogP contribution in [0.1, 0.15) is 32.4 Å². The van der Waals surface area contributed by atoms with Crippen LogP contribution < -0.4 is 5.32 Å². The normalized spacial score (nSPS) is 22.5. The molecule has 2 amide bonds. The van der Waals surface area contributed by atoms with Crippen molar-refractivity contribution in [3.8, 4) is 0 Å². The van der Waals surface area contributed by atoms with Gasteiger partial charge in [-0.2, -0.15) is 0 Å². The number of amides is 2. The molecular formula is C16H25N3O3S. The summed E-state index contributed by atoms with van der Waals surface area (Å²) in [6.07, 6.45) is 4.80. The summed E-state index contributed by atoms with van der Waals surface area (Å²) in [6, 6.07) is 2.94. The van der Waals surface area contributed by atoms with Crippen molar-refractivity contribution in [1.82, 2.24) is 15.2 Å². The Bertz CT molecular complexity index is 660. The SMILES string of the molecule is CC1CCN(C(=O)NCc2ncccc2S(C)(=O)=O)CC(C)C1. The molecule has 1 aromatic heterocycles. The van der Waals surface area contributed by atoms with E-state index in [0.717, 1.165) is 32.2 Å². The van der Waals surface area contributed by atoms with Crippen molar-refractivity contribution in [1.29, 1.82) is 0 Å². The van der Waals surface area contributed by atoms with Gasteiger partial charge in [0.25, 0.3) is 0 Å². The lowest BCUT2D eigenvalue weighted by Gasteiger charge is -2.23. The quantitative estimate of drug-likeness (QED) is 0.914. The average Bonchev–Trinajstić information content (AvgIpc) is 2.64. The average molecular weight is 339 g/mol. The summed E-state index contributed by atoms with van der Waals surface area (Å²) >= 11 is 0. The lowest BCUT2D eigenvalue weighted by Crippen LogP contribution is -2.41. The predicted octanol–water partition coefficient (Wildman–Crippen LogP) is 2.06. The molecule has 2 atom stereocenters. The van der Waals surface area contributed by atoms with Crippen molar-refractivity contribution < 1.29 is 13.2 Å². The number of carbonyl (C=O) groups is 1. The molecule has 0 spiro atoms. The zero-order chi connectivity index (χ0) is 17.0. The molecule has 0 bridgehead atoms.